The summed E-state index contributed by atoms with van der Waals surface area (Å²) in [5.74, 6) is -0.389. The summed E-state index contributed by atoms with van der Waals surface area (Å²) >= 11 is 0. The normalized spacial score (nSPS) is 10.1. The number of ether oxygens (including phenoxy) is 1. The number of hydrogen-bond donors (Lipinski definition) is 0. The van der Waals surface area contributed by atoms with Crippen molar-refractivity contribution in [2.24, 2.45) is 0 Å². The van der Waals surface area contributed by atoms with Gasteiger partial charge in [-0.3, -0.25) is 4.98 Å². The van der Waals surface area contributed by atoms with Crippen LogP contribution in [0, 0.1) is 0 Å². The number of nitrogens with zero attached hydrogens (tertiary/aromatic N) is 4. The van der Waals surface area contributed by atoms with Crippen molar-refractivity contribution in [3.63, 3.8) is 0 Å². The molecular weight excluding hydrogens is 208 g/mol. The molecule has 2 rings (SSSR count). The van der Waals surface area contributed by atoms with Crippen LogP contribution in [0.4, 0.5) is 0 Å². The second kappa shape index (κ2) is 4.52. The Morgan fingerprint density at radius 3 is 2.94 bits per heavy atom. The van der Waals surface area contributed by atoms with Gasteiger partial charge in [-0.25, -0.2) is 9.48 Å². The van der Waals surface area contributed by atoms with Crippen LogP contribution in [0.25, 0.3) is 0 Å². The molecule has 0 bridgehead atoms. The first-order valence-electron chi connectivity index (χ1n) is 4.67. The molecule has 2 aromatic heterocycles. The molecule has 0 aliphatic heterocycles. The fraction of sp³-hybridized carbons (Fsp3) is 0.200. The van der Waals surface area contributed by atoms with Crippen LogP contribution in [0.15, 0.2) is 30.7 Å². The molecule has 2 aromatic rings. The van der Waals surface area contributed by atoms with Crippen LogP contribution in [0.2, 0.25) is 0 Å². The van der Waals surface area contributed by atoms with Crippen molar-refractivity contribution in [1.82, 2.24) is 20.0 Å². The average Bonchev–Trinajstić information content (AvgIpc) is 2.82. The highest BCUT2D eigenvalue weighted by atomic mass is 16.5. The minimum Gasteiger partial charge on any atom is -0.465 e. The molecule has 0 spiro atoms. The van der Waals surface area contributed by atoms with Gasteiger partial charge in [-0.2, -0.15) is 0 Å². The Morgan fingerprint density at radius 1 is 1.50 bits per heavy atom. The fourth-order valence-corrected chi connectivity index (χ4v) is 1.24. The van der Waals surface area contributed by atoms with Crippen molar-refractivity contribution in [1.29, 1.82) is 0 Å². The van der Waals surface area contributed by atoms with E-state index >= 15 is 0 Å². The summed E-state index contributed by atoms with van der Waals surface area (Å²) in [7, 11) is 1.34. The van der Waals surface area contributed by atoms with E-state index in [1.165, 1.54) is 13.3 Å². The molecule has 82 valence electrons. The zero-order chi connectivity index (χ0) is 11.4. The molecule has 16 heavy (non-hydrogen) atoms. The molecule has 0 N–H and O–H groups in total. The maximum atomic E-state index is 11.2. The van der Waals surface area contributed by atoms with Gasteiger partial charge in [0, 0.05) is 12.4 Å². The molecule has 0 atom stereocenters. The Balaban J connectivity index is 2.10. The average molecular weight is 218 g/mol. The van der Waals surface area contributed by atoms with Gasteiger partial charge in [0.2, 0.25) is 0 Å². The summed E-state index contributed by atoms with van der Waals surface area (Å²) in [6, 6.07) is 3.43. The van der Waals surface area contributed by atoms with Crippen molar-refractivity contribution in [3.8, 4) is 0 Å². The number of hydrogen-bond acceptors (Lipinski definition) is 5. The summed E-state index contributed by atoms with van der Waals surface area (Å²) in [5.41, 5.74) is 1.24. The molecule has 0 saturated carbocycles. The molecule has 0 radical (unpaired) electrons. The third kappa shape index (κ3) is 2.22. The second-order valence-electron chi connectivity index (χ2n) is 3.13. The predicted octanol–water partition coefficient (Wildman–Crippen LogP) is 0.508. The fourth-order valence-electron chi connectivity index (χ4n) is 1.24. The summed E-state index contributed by atoms with van der Waals surface area (Å²) in [6.07, 6.45) is 4.83. The molecule has 0 unspecified atom stereocenters. The predicted molar refractivity (Wildman–Crippen MR) is 54.7 cm³/mol. The SMILES string of the molecule is COC(=O)c1ccc(Cn2ccnn2)nc1. The Morgan fingerprint density at radius 2 is 2.38 bits per heavy atom. The zero-order valence-electron chi connectivity index (χ0n) is 8.70. The first-order valence-corrected chi connectivity index (χ1v) is 4.67. The first kappa shape index (κ1) is 10.3. The maximum Gasteiger partial charge on any atom is 0.339 e. The lowest BCUT2D eigenvalue weighted by Crippen LogP contribution is -2.05. The number of carbonyl (C=O) groups excluding carboxylic acids is 1. The lowest BCUT2D eigenvalue weighted by atomic mass is 10.2. The van der Waals surface area contributed by atoms with Crippen LogP contribution < -0.4 is 0 Å². The van der Waals surface area contributed by atoms with E-state index in [0.717, 1.165) is 5.69 Å². The van der Waals surface area contributed by atoms with E-state index in [1.54, 1.807) is 29.2 Å². The molecule has 6 nitrogen and oxygen atoms in total. The molecule has 0 fully saturated rings. The van der Waals surface area contributed by atoms with Crippen LogP contribution in [-0.4, -0.2) is 33.1 Å². The summed E-state index contributed by atoms with van der Waals surface area (Å²) in [5, 5.41) is 7.51. The van der Waals surface area contributed by atoms with Gasteiger partial charge in [-0.05, 0) is 12.1 Å². The molecule has 2 heterocycles. The quantitative estimate of drug-likeness (QED) is 0.702. The Kier molecular flexibility index (Phi) is 2.90. The van der Waals surface area contributed by atoms with Gasteiger partial charge in [0.15, 0.2) is 0 Å². The molecular formula is C10H10N4O2. The van der Waals surface area contributed by atoms with Crippen molar-refractivity contribution in [3.05, 3.63) is 42.0 Å². The van der Waals surface area contributed by atoms with Gasteiger partial charge in [0.25, 0.3) is 0 Å². The van der Waals surface area contributed by atoms with Crippen molar-refractivity contribution >= 4 is 5.97 Å². The van der Waals surface area contributed by atoms with Crippen LogP contribution in [0.3, 0.4) is 0 Å². The summed E-state index contributed by atoms with van der Waals surface area (Å²) in [4.78, 5) is 15.3. The molecule has 0 aromatic carbocycles. The van der Waals surface area contributed by atoms with Gasteiger partial charge >= 0.3 is 5.97 Å². The third-order valence-electron chi connectivity index (χ3n) is 2.04. The van der Waals surface area contributed by atoms with E-state index in [-0.39, 0.29) is 5.97 Å². The number of aromatic nitrogens is 4. The van der Waals surface area contributed by atoms with Crippen LogP contribution >= 0.6 is 0 Å². The molecule has 0 aliphatic rings. The van der Waals surface area contributed by atoms with E-state index < -0.39 is 0 Å². The molecule has 0 saturated heterocycles. The number of pyridine rings is 1. The van der Waals surface area contributed by atoms with Crippen molar-refractivity contribution < 1.29 is 9.53 Å². The molecule has 0 aliphatic carbocycles. The maximum absolute atomic E-state index is 11.2. The summed E-state index contributed by atoms with van der Waals surface area (Å²) in [6.45, 7) is 0.529. The smallest absolute Gasteiger partial charge is 0.339 e. The van der Waals surface area contributed by atoms with Crippen molar-refractivity contribution in [2.75, 3.05) is 7.11 Å². The standard InChI is InChI=1S/C10H10N4O2/c1-16-10(15)8-2-3-9(11-6-8)7-14-5-4-12-13-14/h2-6H,7H2,1H3. The lowest BCUT2D eigenvalue weighted by molar-refractivity contribution is 0.0600. The highest BCUT2D eigenvalue weighted by molar-refractivity contribution is 5.88. The van der Waals surface area contributed by atoms with Crippen LogP contribution in [-0.2, 0) is 11.3 Å². The Labute approximate surface area is 91.9 Å². The van der Waals surface area contributed by atoms with Gasteiger partial charge in [-0.15, -0.1) is 5.10 Å². The monoisotopic (exact) mass is 218 g/mol. The Hall–Kier alpha value is -2.24. The first-order chi connectivity index (χ1) is 7.79. The van der Waals surface area contributed by atoms with E-state index in [4.69, 9.17) is 0 Å². The van der Waals surface area contributed by atoms with Crippen molar-refractivity contribution in [2.45, 2.75) is 6.54 Å². The third-order valence-corrected chi connectivity index (χ3v) is 2.04. The largest absolute Gasteiger partial charge is 0.465 e. The number of rotatable bonds is 3. The molecule has 6 heteroatoms. The van der Waals surface area contributed by atoms with Gasteiger partial charge in [-0.1, -0.05) is 5.21 Å². The van der Waals surface area contributed by atoms with E-state index in [2.05, 4.69) is 20.0 Å². The van der Waals surface area contributed by atoms with Gasteiger partial charge < -0.3 is 4.74 Å². The second-order valence-corrected chi connectivity index (χ2v) is 3.13. The van der Waals surface area contributed by atoms with E-state index in [1.807, 2.05) is 0 Å². The van der Waals surface area contributed by atoms with Crippen LogP contribution in [0.1, 0.15) is 16.1 Å². The van der Waals surface area contributed by atoms with Gasteiger partial charge in [0.05, 0.1) is 31.1 Å². The number of methoxy groups -OCH3 is 1. The summed E-state index contributed by atoms with van der Waals surface area (Å²) < 4.78 is 6.23. The molecule has 0 amide bonds. The lowest BCUT2D eigenvalue weighted by Gasteiger charge is -2.01. The van der Waals surface area contributed by atoms with Crippen LogP contribution in [0.5, 0.6) is 0 Å². The zero-order valence-corrected chi connectivity index (χ0v) is 8.70. The Bertz CT molecular complexity index is 464. The highest BCUT2D eigenvalue weighted by Gasteiger charge is 2.05. The van der Waals surface area contributed by atoms with E-state index in [9.17, 15) is 4.79 Å². The minimum absolute atomic E-state index is 0.389. The topological polar surface area (TPSA) is 69.9 Å². The highest BCUT2D eigenvalue weighted by Crippen LogP contribution is 2.03. The number of esters is 1. The number of carbonyl (C=O) groups is 1. The minimum atomic E-state index is -0.389. The van der Waals surface area contributed by atoms with E-state index in [0.29, 0.717) is 12.1 Å². The van der Waals surface area contributed by atoms with Gasteiger partial charge in [0.1, 0.15) is 0 Å².